The maximum absolute atomic E-state index is 13.5. The molecule has 4 heteroatoms. The van der Waals surface area contributed by atoms with Crippen molar-refractivity contribution < 1.29 is 9.53 Å². The number of nitrogens with zero attached hydrogens (tertiary/aromatic N) is 2. The largest absolute Gasteiger partial charge is 0.493 e. The van der Waals surface area contributed by atoms with E-state index in [2.05, 4.69) is 61.2 Å². The number of ether oxygens (including phenoxy) is 1. The van der Waals surface area contributed by atoms with Crippen molar-refractivity contribution in [3.05, 3.63) is 95.1 Å². The number of ketones is 1. The number of allylic oxidation sites excluding steroid dienone is 1. The highest BCUT2D eigenvalue weighted by Crippen LogP contribution is 2.30. The first-order valence-electron chi connectivity index (χ1n) is 14.0. The summed E-state index contributed by atoms with van der Waals surface area (Å²) in [4.78, 5) is 18.2. The first kappa shape index (κ1) is 27.8. The number of hydrogen-bond donors (Lipinski definition) is 0. The van der Waals surface area contributed by atoms with E-state index in [-0.39, 0.29) is 5.78 Å². The molecule has 0 aliphatic carbocycles. The molecule has 200 valence electrons. The molecule has 3 aromatic carbocycles. The molecule has 0 N–H and O–H groups in total. The Morgan fingerprint density at radius 1 is 0.947 bits per heavy atom. The van der Waals surface area contributed by atoms with Crippen molar-refractivity contribution in [3.63, 3.8) is 0 Å². The van der Waals surface area contributed by atoms with Gasteiger partial charge in [-0.2, -0.15) is 0 Å². The van der Waals surface area contributed by atoms with Crippen molar-refractivity contribution in [2.75, 3.05) is 40.3 Å². The molecule has 1 fully saturated rings. The van der Waals surface area contributed by atoms with Crippen LogP contribution in [0.5, 0.6) is 5.75 Å². The van der Waals surface area contributed by atoms with Gasteiger partial charge in [-0.1, -0.05) is 60.7 Å². The van der Waals surface area contributed by atoms with Crippen LogP contribution in [0.4, 0.5) is 0 Å². The van der Waals surface area contributed by atoms with Crippen LogP contribution in [0, 0.1) is 6.92 Å². The molecule has 0 spiro atoms. The van der Waals surface area contributed by atoms with Crippen LogP contribution in [-0.2, 0) is 6.54 Å². The summed E-state index contributed by atoms with van der Waals surface area (Å²) in [7, 11) is 4.11. The second kappa shape index (κ2) is 14.1. The highest BCUT2D eigenvalue weighted by molar-refractivity contribution is 6.09. The second-order valence-electron chi connectivity index (χ2n) is 10.6. The Labute approximate surface area is 228 Å². The average molecular weight is 511 g/mol. The number of unbranched alkanes of at least 4 members (excludes halogenated alkanes) is 2. The Kier molecular flexibility index (Phi) is 10.3. The maximum atomic E-state index is 13.5. The summed E-state index contributed by atoms with van der Waals surface area (Å²) in [6.07, 6.45) is 9.65. The Bertz CT molecular complexity index is 1220. The van der Waals surface area contributed by atoms with Gasteiger partial charge in [-0.15, -0.1) is 0 Å². The third-order valence-electron chi connectivity index (χ3n) is 7.23. The number of rotatable bonds is 13. The van der Waals surface area contributed by atoms with Gasteiger partial charge in [0, 0.05) is 6.54 Å². The zero-order valence-electron chi connectivity index (χ0n) is 23.3. The summed E-state index contributed by atoms with van der Waals surface area (Å²) in [5.74, 6) is 0.627. The third kappa shape index (κ3) is 7.89. The van der Waals surface area contributed by atoms with E-state index < -0.39 is 0 Å². The van der Waals surface area contributed by atoms with E-state index in [1.165, 1.54) is 50.0 Å². The molecular formula is C34H42N2O2. The molecule has 0 amide bonds. The lowest BCUT2D eigenvalue weighted by molar-refractivity contribution is 0.104. The number of benzene rings is 3. The van der Waals surface area contributed by atoms with E-state index in [0.29, 0.717) is 17.9 Å². The molecule has 0 atom stereocenters. The SMILES string of the molecule is Cc1ccccc1-c1ccc(OCCCCCN2CCCC2)c(C(=O)C=Cc2ccccc2CN(C)C)c1. The van der Waals surface area contributed by atoms with Crippen LogP contribution in [0.3, 0.4) is 0 Å². The molecule has 1 aliphatic rings. The fourth-order valence-electron chi connectivity index (χ4n) is 5.15. The molecule has 0 aromatic heterocycles. The van der Waals surface area contributed by atoms with Crippen molar-refractivity contribution >= 4 is 11.9 Å². The van der Waals surface area contributed by atoms with Crippen LogP contribution in [0.1, 0.15) is 59.2 Å². The number of hydrogen-bond acceptors (Lipinski definition) is 4. The van der Waals surface area contributed by atoms with E-state index in [1.54, 1.807) is 6.08 Å². The van der Waals surface area contributed by atoms with Crippen molar-refractivity contribution in [2.24, 2.45) is 0 Å². The highest BCUT2D eigenvalue weighted by atomic mass is 16.5. The van der Waals surface area contributed by atoms with Crippen LogP contribution in [0.15, 0.2) is 72.8 Å². The van der Waals surface area contributed by atoms with Crippen molar-refractivity contribution in [1.82, 2.24) is 9.80 Å². The molecule has 3 aromatic rings. The number of carbonyl (C=O) groups is 1. The predicted molar refractivity (Wildman–Crippen MR) is 159 cm³/mol. The molecule has 0 bridgehead atoms. The van der Waals surface area contributed by atoms with E-state index in [1.807, 2.05) is 42.5 Å². The van der Waals surface area contributed by atoms with E-state index in [4.69, 9.17) is 4.74 Å². The van der Waals surface area contributed by atoms with E-state index >= 15 is 0 Å². The average Bonchev–Trinajstić information content (AvgIpc) is 3.44. The lowest BCUT2D eigenvalue weighted by Crippen LogP contribution is -2.20. The number of aryl methyl sites for hydroxylation is 1. The standard InChI is InChI=1S/C34H42N2O2/c1-27-13-5-8-16-31(27)29-18-20-34(38-24-12-4-9-21-36-22-10-11-23-36)32(25-29)33(37)19-17-28-14-6-7-15-30(28)26-35(2)3/h5-8,13-20,25H,4,9-12,21-24,26H2,1-3H3. The Morgan fingerprint density at radius 2 is 1.71 bits per heavy atom. The summed E-state index contributed by atoms with van der Waals surface area (Å²) < 4.78 is 6.20. The number of likely N-dealkylation sites (tertiary alicyclic amines) is 1. The van der Waals surface area contributed by atoms with Gasteiger partial charge in [0.15, 0.2) is 5.78 Å². The zero-order chi connectivity index (χ0) is 26.7. The molecule has 4 rings (SSSR count). The molecule has 0 radical (unpaired) electrons. The number of carbonyl (C=O) groups excluding carboxylic acids is 1. The van der Waals surface area contributed by atoms with Gasteiger partial charge in [0.05, 0.1) is 12.2 Å². The molecule has 1 saturated heterocycles. The minimum atomic E-state index is -0.0378. The monoisotopic (exact) mass is 510 g/mol. The topological polar surface area (TPSA) is 32.8 Å². The van der Waals surface area contributed by atoms with E-state index in [9.17, 15) is 4.79 Å². The minimum Gasteiger partial charge on any atom is -0.493 e. The minimum absolute atomic E-state index is 0.0378. The normalized spacial score (nSPS) is 14.0. The van der Waals surface area contributed by atoms with Crippen LogP contribution in [0.25, 0.3) is 17.2 Å². The van der Waals surface area contributed by atoms with Crippen molar-refractivity contribution in [3.8, 4) is 16.9 Å². The van der Waals surface area contributed by atoms with Crippen LogP contribution in [0.2, 0.25) is 0 Å². The van der Waals surface area contributed by atoms with Gasteiger partial charge in [0.25, 0.3) is 0 Å². The summed E-state index contributed by atoms with van der Waals surface area (Å²) >= 11 is 0. The van der Waals surface area contributed by atoms with Gasteiger partial charge in [-0.05, 0) is 119 Å². The van der Waals surface area contributed by atoms with E-state index in [0.717, 1.165) is 36.1 Å². The second-order valence-corrected chi connectivity index (χ2v) is 10.6. The van der Waals surface area contributed by atoms with Crippen molar-refractivity contribution in [1.29, 1.82) is 0 Å². The highest BCUT2D eigenvalue weighted by Gasteiger charge is 2.14. The smallest absolute Gasteiger partial charge is 0.189 e. The van der Waals surface area contributed by atoms with Crippen LogP contribution >= 0.6 is 0 Å². The lowest BCUT2D eigenvalue weighted by atomic mass is 9.96. The fourth-order valence-corrected chi connectivity index (χ4v) is 5.15. The fraction of sp³-hybridized carbons (Fsp3) is 0.382. The molecule has 1 heterocycles. The maximum Gasteiger partial charge on any atom is 0.189 e. The predicted octanol–water partition coefficient (Wildman–Crippen LogP) is 7.26. The summed E-state index contributed by atoms with van der Waals surface area (Å²) in [6, 6.07) is 22.5. The molecule has 38 heavy (non-hydrogen) atoms. The summed E-state index contributed by atoms with van der Waals surface area (Å²) in [5.41, 5.74) is 6.22. The lowest BCUT2D eigenvalue weighted by Gasteiger charge is -2.15. The summed E-state index contributed by atoms with van der Waals surface area (Å²) in [5, 5.41) is 0. The molecule has 4 nitrogen and oxygen atoms in total. The van der Waals surface area contributed by atoms with Gasteiger partial charge < -0.3 is 14.5 Å². The Hall–Kier alpha value is -3.21. The quantitative estimate of drug-likeness (QED) is 0.138. The van der Waals surface area contributed by atoms with Gasteiger partial charge in [0.1, 0.15) is 5.75 Å². The van der Waals surface area contributed by atoms with Gasteiger partial charge >= 0.3 is 0 Å². The van der Waals surface area contributed by atoms with Gasteiger partial charge in [0.2, 0.25) is 0 Å². The Balaban J connectivity index is 1.49. The Morgan fingerprint density at radius 3 is 2.50 bits per heavy atom. The molecule has 0 saturated carbocycles. The first-order valence-corrected chi connectivity index (χ1v) is 14.0. The summed E-state index contributed by atoms with van der Waals surface area (Å²) in [6.45, 7) is 7.24. The zero-order valence-corrected chi connectivity index (χ0v) is 23.3. The van der Waals surface area contributed by atoms with Gasteiger partial charge in [-0.3, -0.25) is 4.79 Å². The van der Waals surface area contributed by atoms with Gasteiger partial charge in [-0.25, -0.2) is 0 Å². The molecule has 0 unspecified atom stereocenters. The molecular weight excluding hydrogens is 468 g/mol. The third-order valence-corrected chi connectivity index (χ3v) is 7.23. The van der Waals surface area contributed by atoms with Crippen molar-refractivity contribution in [2.45, 2.75) is 45.6 Å². The first-order chi connectivity index (χ1) is 18.5. The van der Waals surface area contributed by atoms with Crippen LogP contribution < -0.4 is 4.74 Å². The molecule has 1 aliphatic heterocycles. The van der Waals surface area contributed by atoms with Crippen LogP contribution in [-0.4, -0.2) is 55.9 Å².